The monoisotopic (exact) mass is 249 g/mol. The molecular formula is C12H19N5O. The Kier molecular flexibility index (Phi) is 5.63. The zero-order valence-corrected chi connectivity index (χ0v) is 10.7. The molecule has 1 rings (SSSR count). The number of nitrogens with zero attached hydrogens (tertiary/aromatic N) is 2. The van der Waals surface area contributed by atoms with Crippen molar-refractivity contribution < 1.29 is 4.79 Å². The quantitative estimate of drug-likeness (QED) is 0.414. The first kappa shape index (κ1) is 14.0. The topological polar surface area (TPSA) is 92.4 Å². The van der Waals surface area contributed by atoms with Gasteiger partial charge < -0.3 is 11.1 Å². The molecule has 1 aromatic heterocycles. The number of hydrogen-bond donors (Lipinski definition) is 3. The van der Waals surface area contributed by atoms with Crippen LogP contribution in [-0.2, 0) is 6.42 Å². The number of guanidine groups is 1. The molecule has 1 heterocycles. The summed E-state index contributed by atoms with van der Waals surface area (Å²) in [6.45, 7) is 2.74. The predicted molar refractivity (Wildman–Crippen MR) is 71.4 cm³/mol. The molecule has 0 unspecified atom stereocenters. The van der Waals surface area contributed by atoms with Crippen LogP contribution in [0, 0.1) is 6.92 Å². The van der Waals surface area contributed by atoms with Crippen molar-refractivity contribution in [3.8, 4) is 0 Å². The SMILES string of the molecule is CN=C(NCCCc1ncccc1C)NC(N)=O. The highest BCUT2D eigenvalue weighted by Gasteiger charge is 2.01. The number of aryl methyl sites for hydroxylation is 2. The number of primary amides is 1. The Bertz CT molecular complexity index is 430. The lowest BCUT2D eigenvalue weighted by Gasteiger charge is -2.09. The minimum Gasteiger partial charge on any atom is -0.356 e. The third kappa shape index (κ3) is 4.82. The largest absolute Gasteiger partial charge is 0.356 e. The fourth-order valence-electron chi connectivity index (χ4n) is 1.54. The molecule has 0 atom stereocenters. The first-order chi connectivity index (χ1) is 8.63. The van der Waals surface area contributed by atoms with Crippen LogP contribution in [0.5, 0.6) is 0 Å². The minimum absolute atomic E-state index is 0.389. The van der Waals surface area contributed by atoms with Gasteiger partial charge in [-0.3, -0.25) is 15.3 Å². The van der Waals surface area contributed by atoms with Crippen molar-refractivity contribution >= 4 is 12.0 Å². The molecule has 2 amide bonds. The molecule has 0 saturated carbocycles. The van der Waals surface area contributed by atoms with Crippen LogP contribution in [0.3, 0.4) is 0 Å². The van der Waals surface area contributed by atoms with E-state index in [2.05, 4.69) is 20.6 Å². The number of urea groups is 1. The van der Waals surface area contributed by atoms with Crippen molar-refractivity contribution in [2.45, 2.75) is 19.8 Å². The van der Waals surface area contributed by atoms with Gasteiger partial charge in [0.05, 0.1) is 0 Å². The van der Waals surface area contributed by atoms with Gasteiger partial charge >= 0.3 is 6.03 Å². The summed E-state index contributed by atoms with van der Waals surface area (Å²) >= 11 is 0. The Hall–Kier alpha value is -2.11. The Morgan fingerprint density at radius 1 is 1.56 bits per heavy atom. The van der Waals surface area contributed by atoms with Crippen LogP contribution in [0.15, 0.2) is 23.3 Å². The van der Waals surface area contributed by atoms with E-state index in [1.807, 2.05) is 19.1 Å². The lowest BCUT2D eigenvalue weighted by atomic mass is 10.1. The number of carbonyl (C=O) groups is 1. The lowest BCUT2D eigenvalue weighted by molar-refractivity contribution is 0.253. The standard InChI is InChI=1S/C12H19N5O/c1-9-5-3-7-15-10(9)6-4-8-16-12(14-2)17-11(13)18/h3,5,7H,4,6,8H2,1-2H3,(H4,13,14,16,17,18). The smallest absolute Gasteiger partial charge is 0.318 e. The molecule has 6 heteroatoms. The number of pyridine rings is 1. The van der Waals surface area contributed by atoms with E-state index in [1.54, 1.807) is 13.2 Å². The number of hydrogen-bond acceptors (Lipinski definition) is 3. The lowest BCUT2D eigenvalue weighted by Crippen LogP contribution is -2.43. The molecule has 98 valence electrons. The van der Waals surface area contributed by atoms with Crippen LogP contribution in [-0.4, -0.2) is 30.6 Å². The number of rotatable bonds is 4. The molecule has 0 saturated heterocycles. The molecule has 0 aliphatic carbocycles. The first-order valence-corrected chi connectivity index (χ1v) is 5.81. The Morgan fingerprint density at radius 2 is 2.33 bits per heavy atom. The number of amides is 2. The van der Waals surface area contributed by atoms with Crippen LogP contribution in [0.4, 0.5) is 4.79 Å². The molecule has 4 N–H and O–H groups in total. The van der Waals surface area contributed by atoms with E-state index in [0.717, 1.165) is 18.5 Å². The second-order valence-corrected chi connectivity index (χ2v) is 3.86. The van der Waals surface area contributed by atoms with Crippen molar-refractivity contribution in [2.75, 3.05) is 13.6 Å². The van der Waals surface area contributed by atoms with Gasteiger partial charge in [0, 0.05) is 25.5 Å². The minimum atomic E-state index is -0.622. The fraction of sp³-hybridized carbons (Fsp3) is 0.417. The number of nitrogens with two attached hydrogens (primary N) is 1. The van der Waals surface area contributed by atoms with Crippen molar-refractivity contribution in [3.05, 3.63) is 29.6 Å². The molecule has 0 aromatic carbocycles. The van der Waals surface area contributed by atoms with Crippen LogP contribution < -0.4 is 16.4 Å². The van der Waals surface area contributed by atoms with Crippen LogP contribution in [0.25, 0.3) is 0 Å². The van der Waals surface area contributed by atoms with Gasteiger partial charge in [-0.25, -0.2) is 4.79 Å². The second kappa shape index (κ2) is 7.26. The number of nitrogens with one attached hydrogen (secondary N) is 2. The van der Waals surface area contributed by atoms with E-state index in [0.29, 0.717) is 12.5 Å². The molecule has 0 aliphatic rings. The predicted octanol–water partition coefficient (Wildman–Crippen LogP) is 0.566. The van der Waals surface area contributed by atoms with Crippen LogP contribution in [0.1, 0.15) is 17.7 Å². The van der Waals surface area contributed by atoms with Gasteiger partial charge in [0.1, 0.15) is 0 Å². The normalized spacial score (nSPS) is 11.1. The second-order valence-electron chi connectivity index (χ2n) is 3.86. The average molecular weight is 249 g/mol. The van der Waals surface area contributed by atoms with Gasteiger partial charge in [-0.2, -0.15) is 0 Å². The molecular weight excluding hydrogens is 230 g/mol. The summed E-state index contributed by atoms with van der Waals surface area (Å²) in [6, 6.07) is 3.35. The van der Waals surface area contributed by atoms with E-state index < -0.39 is 6.03 Å². The zero-order chi connectivity index (χ0) is 13.4. The van der Waals surface area contributed by atoms with Gasteiger partial charge in [-0.15, -0.1) is 0 Å². The van der Waals surface area contributed by atoms with Crippen LogP contribution in [0.2, 0.25) is 0 Å². The molecule has 0 aliphatic heterocycles. The number of aliphatic imine (C=N–C) groups is 1. The molecule has 0 radical (unpaired) electrons. The zero-order valence-electron chi connectivity index (χ0n) is 10.7. The van der Waals surface area contributed by atoms with Gasteiger partial charge in [-0.1, -0.05) is 6.07 Å². The highest BCUT2D eigenvalue weighted by atomic mass is 16.2. The fourth-order valence-corrected chi connectivity index (χ4v) is 1.54. The van der Waals surface area contributed by atoms with E-state index in [4.69, 9.17) is 5.73 Å². The Balaban J connectivity index is 2.30. The molecule has 6 nitrogen and oxygen atoms in total. The maximum absolute atomic E-state index is 10.6. The molecule has 1 aromatic rings. The van der Waals surface area contributed by atoms with Gasteiger partial charge in [0.25, 0.3) is 0 Å². The van der Waals surface area contributed by atoms with Gasteiger partial charge in [-0.05, 0) is 31.4 Å². The van der Waals surface area contributed by atoms with Crippen LogP contribution >= 0.6 is 0 Å². The highest BCUT2D eigenvalue weighted by molar-refractivity contribution is 5.95. The molecule has 0 fully saturated rings. The third-order valence-corrected chi connectivity index (χ3v) is 2.47. The maximum Gasteiger partial charge on any atom is 0.318 e. The Morgan fingerprint density at radius 3 is 2.94 bits per heavy atom. The highest BCUT2D eigenvalue weighted by Crippen LogP contribution is 2.05. The Labute approximate surface area is 107 Å². The van der Waals surface area contributed by atoms with E-state index >= 15 is 0 Å². The first-order valence-electron chi connectivity index (χ1n) is 5.81. The van der Waals surface area contributed by atoms with Gasteiger partial charge in [0.15, 0.2) is 5.96 Å². The van der Waals surface area contributed by atoms with E-state index in [-0.39, 0.29) is 0 Å². The summed E-state index contributed by atoms with van der Waals surface area (Å²) in [5.74, 6) is 0.389. The summed E-state index contributed by atoms with van der Waals surface area (Å²) in [5.41, 5.74) is 7.29. The average Bonchev–Trinajstić information content (AvgIpc) is 2.34. The van der Waals surface area contributed by atoms with E-state index in [9.17, 15) is 4.79 Å². The van der Waals surface area contributed by atoms with Crippen molar-refractivity contribution in [1.82, 2.24) is 15.6 Å². The van der Waals surface area contributed by atoms with Crippen molar-refractivity contribution in [2.24, 2.45) is 10.7 Å². The number of carbonyl (C=O) groups excluding carboxylic acids is 1. The summed E-state index contributed by atoms with van der Waals surface area (Å²) in [6.07, 6.45) is 3.58. The summed E-state index contributed by atoms with van der Waals surface area (Å²) in [4.78, 5) is 18.8. The summed E-state index contributed by atoms with van der Waals surface area (Å²) in [5, 5.41) is 5.40. The summed E-state index contributed by atoms with van der Waals surface area (Å²) < 4.78 is 0. The molecule has 0 spiro atoms. The van der Waals surface area contributed by atoms with Crippen molar-refractivity contribution in [1.29, 1.82) is 0 Å². The maximum atomic E-state index is 10.6. The van der Waals surface area contributed by atoms with E-state index in [1.165, 1.54) is 5.56 Å². The molecule has 18 heavy (non-hydrogen) atoms. The third-order valence-electron chi connectivity index (χ3n) is 2.47. The molecule has 0 bridgehead atoms. The number of aromatic nitrogens is 1. The van der Waals surface area contributed by atoms with Gasteiger partial charge in [0.2, 0.25) is 0 Å². The van der Waals surface area contributed by atoms with Crippen molar-refractivity contribution in [3.63, 3.8) is 0 Å². The summed E-state index contributed by atoms with van der Waals surface area (Å²) in [7, 11) is 1.58.